The van der Waals surface area contributed by atoms with Gasteiger partial charge in [0.1, 0.15) is 18.1 Å². The van der Waals surface area contributed by atoms with E-state index in [9.17, 15) is 0 Å². The molecule has 1 N–H and O–H groups in total. The normalized spacial score (nSPS) is 11.1. The first-order chi connectivity index (χ1) is 10.3. The Morgan fingerprint density at radius 1 is 1.24 bits per heavy atom. The average molecular weight is 281 g/mol. The Morgan fingerprint density at radius 2 is 2.10 bits per heavy atom. The summed E-state index contributed by atoms with van der Waals surface area (Å²) in [7, 11) is 0. The van der Waals surface area contributed by atoms with Crippen molar-refractivity contribution in [3.8, 4) is 11.5 Å². The molecule has 0 spiro atoms. The van der Waals surface area contributed by atoms with Crippen LogP contribution in [-0.2, 0) is 11.4 Å². The molecule has 5 nitrogen and oxygen atoms in total. The number of nitrogens with one attached hydrogen (secondary N) is 1. The van der Waals surface area contributed by atoms with Crippen LogP contribution < -0.4 is 0 Å². The smallest absolute Gasteiger partial charge is 0.152 e. The lowest BCUT2D eigenvalue weighted by atomic mass is 10.2. The Morgan fingerprint density at radius 3 is 2.86 bits per heavy atom. The van der Waals surface area contributed by atoms with Crippen LogP contribution in [0.15, 0.2) is 58.2 Å². The van der Waals surface area contributed by atoms with Crippen LogP contribution in [0.5, 0.6) is 0 Å². The molecule has 0 amide bonds. The predicted molar refractivity (Wildman–Crippen MR) is 79.9 cm³/mol. The topological polar surface area (TPSA) is 63.4 Å². The van der Waals surface area contributed by atoms with Gasteiger partial charge < -0.3 is 9.25 Å². The van der Waals surface area contributed by atoms with Crippen LogP contribution >= 0.6 is 0 Å². The van der Waals surface area contributed by atoms with Crippen molar-refractivity contribution in [1.82, 2.24) is 10.2 Å². The van der Waals surface area contributed by atoms with Gasteiger partial charge >= 0.3 is 0 Å². The fourth-order valence-electron chi connectivity index (χ4n) is 1.94. The molecule has 2 aromatic heterocycles. The second-order valence-corrected chi connectivity index (χ2v) is 4.60. The molecular weight excluding hydrogens is 266 g/mol. The van der Waals surface area contributed by atoms with Crippen LogP contribution in [-0.4, -0.2) is 16.4 Å². The van der Waals surface area contributed by atoms with Crippen LogP contribution in [0.4, 0.5) is 0 Å². The molecule has 0 aliphatic heterocycles. The van der Waals surface area contributed by atoms with Crippen LogP contribution in [0.3, 0.4) is 0 Å². The van der Waals surface area contributed by atoms with E-state index in [2.05, 4.69) is 15.4 Å². The first kappa shape index (κ1) is 13.2. The number of oxime groups is 1. The van der Waals surface area contributed by atoms with E-state index in [-0.39, 0.29) is 0 Å². The molecule has 0 aliphatic carbocycles. The summed E-state index contributed by atoms with van der Waals surface area (Å²) in [5.41, 5.74) is 2.68. The van der Waals surface area contributed by atoms with Gasteiger partial charge in [0.25, 0.3) is 0 Å². The summed E-state index contributed by atoms with van der Waals surface area (Å²) in [6.07, 6.45) is 3.31. The van der Waals surface area contributed by atoms with E-state index in [1.54, 1.807) is 12.4 Å². The summed E-state index contributed by atoms with van der Waals surface area (Å²) >= 11 is 0. The van der Waals surface area contributed by atoms with E-state index in [0.29, 0.717) is 6.61 Å². The Hall–Kier alpha value is -2.82. The van der Waals surface area contributed by atoms with Gasteiger partial charge in [0.2, 0.25) is 0 Å². The first-order valence-corrected chi connectivity index (χ1v) is 6.62. The third-order valence-electron chi connectivity index (χ3n) is 3.00. The molecule has 0 fully saturated rings. The minimum Gasteiger partial charge on any atom is -0.460 e. The fourth-order valence-corrected chi connectivity index (χ4v) is 1.94. The van der Waals surface area contributed by atoms with Crippen LogP contribution in [0.1, 0.15) is 16.9 Å². The zero-order chi connectivity index (χ0) is 14.5. The third-order valence-corrected chi connectivity index (χ3v) is 3.00. The Labute approximate surface area is 122 Å². The lowest BCUT2D eigenvalue weighted by Gasteiger charge is -1.98. The molecule has 0 aliphatic rings. The maximum absolute atomic E-state index is 5.57. The second kappa shape index (κ2) is 6.09. The van der Waals surface area contributed by atoms with Gasteiger partial charge in [-0.05, 0) is 24.6 Å². The van der Waals surface area contributed by atoms with Gasteiger partial charge in [0.05, 0.1) is 12.4 Å². The number of rotatable bonds is 5. The molecule has 0 saturated carbocycles. The van der Waals surface area contributed by atoms with Crippen LogP contribution in [0.25, 0.3) is 11.5 Å². The van der Waals surface area contributed by atoms with E-state index in [1.807, 2.05) is 49.4 Å². The molecule has 0 unspecified atom stereocenters. The predicted octanol–water partition coefficient (Wildman–Crippen LogP) is 3.53. The highest BCUT2D eigenvalue weighted by Gasteiger charge is 2.09. The SMILES string of the molecule is Cc1ccc(-c2[nH]ncc2C=NOCc2ccccc2)o1. The quantitative estimate of drug-likeness (QED) is 0.575. The van der Waals surface area contributed by atoms with Gasteiger partial charge in [-0.3, -0.25) is 5.10 Å². The summed E-state index contributed by atoms with van der Waals surface area (Å²) in [5.74, 6) is 1.58. The van der Waals surface area contributed by atoms with Gasteiger partial charge in [-0.1, -0.05) is 35.5 Å². The van der Waals surface area contributed by atoms with Crippen molar-refractivity contribution >= 4 is 6.21 Å². The number of aryl methyl sites for hydroxylation is 1. The zero-order valence-electron chi connectivity index (χ0n) is 11.6. The standard InChI is InChI=1S/C16H15N3O2/c1-12-7-8-15(21-12)16-14(9-17-19-16)10-18-20-11-13-5-3-2-4-6-13/h2-10H,11H2,1H3,(H,17,19). The summed E-state index contributed by atoms with van der Waals surface area (Å²) in [6.45, 7) is 2.33. The van der Waals surface area contributed by atoms with Crippen molar-refractivity contribution in [3.05, 3.63) is 65.5 Å². The molecule has 3 aromatic rings. The molecule has 0 saturated heterocycles. The number of hydrogen-bond acceptors (Lipinski definition) is 4. The summed E-state index contributed by atoms with van der Waals surface area (Å²) in [5, 5.41) is 10.9. The molecule has 0 radical (unpaired) electrons. The Kier molecular flexibility index (Phi) is 3.82. The average Bonchev–Trinajstić information content (AvgIpc) is 3.13. The fraction of sp³-hybridized carbons (Fsp3) is 0.125. The summed E-state index contributed by atoms with van der Waals surface area (Å²) < 4.78 is 5.57. The number of hydrogen-bond donors (Lipinski definition) is 1. The van der Waals surface area contributed by atoms with Crippen molar-refractivity contribution in [2.45, 2.75) is 13.5 Å². The number of benzene rings is 1. The molecule has 5 heteroatoms. The third kappa shape index (κ3) is 3.20. The van der Waals surface area contributed by atoms with Gasteiger partial charge in [-0.15, -0.1) is 0 Å². The lowest BCUT2D eigenvalue weighted by Crippen LogP contribution is -1.88. The van der Waals surface area contributed by atoms with Gasteiger partial charge in [0.15, 0.2) is 5.76 Å². The Bertz CT molecular complexity index is 729. The van der Waals surface area contributed by atoms with Crippen LogP contribution in [0, 0.1) is 6.92 Å². The number of nitrogens with zero attached hydrogens (tertiary/aromatic N) is 2. The van der Waals surface area contributed by atoms with E-state index < -0.39 is 0 Å². The van der Waals surface area contributed by atoms with E-state index in [4.69, 9.17) is 9.25 Å². The van der Waals surface area contributed by atoms with E-state index in [0.717, 1.165) is 28.3 Å². The molecule has 0 bridgehead atoms. The molecular formula is C16H15N3O2. The summed E-state index contributed by atoms with van der Waals surface area (Å²) in [6, 6.07) is 13.7. The second-order valence-electron chi connectivity index (χ2n) is 4.60. The molecule has 2 heterocycles. The Balaban J connectivity index is 1.66. The minimum absolute atomic E-state index is 0.435. The highest BCUT2D eigenvalue weighted by molar-refractivity contribution is 5.87. The molecule has 106 valence electrons. The molecule has 0 atom stereocenters. The highest BCUT2D eigenvalue weighted by Crippen LogP contribution is 2.22. The number of aromatic amines is 1. The largest absolute Gasteiger partial charge is 0.460 e. The number of aromatic nitrogens is 2. The maximum Gasteiger partial charge on any atom is 0.152 e. The van der Waals surface area contributed by atoms with Crippen molar-refractivity contribution < 1.29 is 9.25 Å². The van der Waals surface area contributed by atoms with Crippen molar-refractivity contribution in [2.24, 2.45) is 5.16 Å². The lowest BCUT2D eigenvalue weighted by molar-refractivity contribution is 0.132. The number of H-pyrrole nitrogens is 1. The van der Waals surface area contributed by atoms with Gasteiger partial charge in [0, 0.05) is 5.56 Å². The van der Waals surface area contributed by atoms with Crippen LogP contribution in [0.2, 0.25) is 0 Å². The number of furan rings is 1. The van der Waals surface area contributed by atoms with E-state index >= 15 is 0 Å². The maximum atomic E-state index is 5.57. The summed E-state index contributed by atoms with van der Waals surface area (Å²) in [4.78, 5) is 5.29. The highest BCUT2D eigenvalue weighted by atomic mass is 16.6. The van der Waals surface area contributed by atoms with Crippen molar-refractivity contribution in [1.29, 1.82) is 0 Å². The molecule has 3 rings (SSSR count). The van der Waals surface area contributed by atoms with E-state index in [1.165, 1.54) is 0 Å². The van der Waals surface area contributed by atoms with Crippen molar-refractivity contribution in [3.63, 3.8) is 0 Å². The zero-order valence-corrected chi connectivity index (χ0v) is 11.6. The van der Waals surface area contributed by atoms with Crippen molar-refractivity contribution in [2.75, 3.05) is 0 Å². The first-order valence-electron chi connectivity index (χ1n) is 6.62. The molecule has 1 aromatic carbocycles. The molecule has 21 heavy (non-hydrogen) atoms. The minimum atomic E-state index is 0.435. The van der Waals surface area contributed by atoms with Gasteiger partial charge in [-0.2, -0.15) is 5.10 Å². The van der Waals surface area contributed by atoms with Gasteiger partial charge in [-0.25, -0.2) is 0 Å². The monoisotopic (exact) mass is 281 g/mol.